The van der Waals surface area contributed by atoms with Crippen molar-refractivity contribution in [2.75, 3.05) is 26.2 Å². The number of carbonyl (C=O) groups is 1. The molecule has 0 aliphatic carbocycles. The van der Waals surface area contributed by atoms with Gasteiger partial charge >= 0.3 is 0 Å². The summed E-state index contributed by atoms with van der Waals surface area (Å²) in [5.74, 6) is -0.356. The molecule has 1 N–H and O–H groups in total. The number of benzene rings is 1. The smallest absolute Gasteiger partial charge is 0.274 e. The molecule has 2 heterocycles. The van der Waals surface area contributed by atoms with Gasteiger partial charge in [0.15, 0.2) is 5.69 Å². The SMILES string of the molecule is O=C(c1ccn(-c2ccc(F)cc2)n1)N1CCNCC1. The maximum atomic E-state index is 12.9. The Morgan fingerprint density at radius 2 is 1.85 bits per heavy atom. The van der Waals surface area contributed by atoms with Crippen LogP contribution in [0.25, 0.3) is 5.69 Å². The molecule has 0 atom stereocenters. The minimum absolute atomic E-state index is 0.0626. The van der Waals surface area contributed by atoms with E-state index in [1.54, 1.807) is 34.0 Å². The fourth-order valence-electron chi connectivity index (χ4n) is 2.21. The molecule has 1 amide bonds. The second kappa shape index (κ2) is 5.42. The molecular weight excluding hydrogens is 259 g/mol. The molecule has 20 heavy (non-hydrogen) atoms. The van der Waals surface area contributed by atoms with Crippen molar-refractivity contribution in [3.05, 3.63) is 48.0 Å². The number of hydrogen-bond donors (Lipinski definition) is 1. The number of rotatable bonds is 2. The van der Waals surface area contributed by atoms with Crippen molar-refractivity contribution in [1.29, 1.82) is 0 Å². The Morgan fingerprint density at radius 1 is 1.15 bits per heavy atom. The Bertz CT molecular complexity index is 602. The van der Waals surface area contributed by atoms with Gasteiger partial charge in [0.05, 0.1) is 5.69 Å². The highest BCUT2D eigenvalue weighted by Gasteiger charge is 2.20. The molecule has 1 aliphatic rings. The summed E-state index contributed by atoms with van der Waals surface area (Å²) in [5, 5.41) is 7.47. The molecule has 2 aromatic rings. The number of amides is 1. The molecule has 1 aromatic carbocycles. The second-order valence-corrected chi connectivity index (χ2v) is 4.66. The zero-order valence-corrected chi connectivity index (χ0v) is 10.9. The number of carbonyl (C=O) groups excluding carboxylic acids is 1. The molecule has 0 unspecified atom stereocenters. The van der Waals surface area contributed by atoms with Crippen molar-refractivity contribution in [3.63, 3.8) is 0 Å². The van der Waals surface area contributed by atoms with Crippen molar-refractivity contribution in [1.82, 2.24) is 20.0 Å². The third kappa shape index (κ3) is 2.55. The molecular formula is C14H15FN4O. The van der Waals surface area contributed by atoms with E-state index >= 15 is 0 Å². The van der Waals surface area contributed by atoms with Crippen molar-refractivity contribution in [2.45, 2.75) is 0 Å². The normalized spacial score (nSPS) is 15.3. The molecule has 1 fully saturated rings. The fraction of sp³-hybridized carbons (Fsp3) is 0.286. The van der Waals surface area contributed by atoms with Gasteiger partial charge in [0.2, 0.25) is 0 Å². The number of nitrogens with one attached hydrogen (secondary N) is 1. The first kappa shape index (κ1) is 12.8. The van der Waals surface area contributed by atoms with E-state index in [0.29, 0.717) is 18.8 Å². The Kier molecular flexibility index (Phi) is 3.47. The monoisotopic (exact) mass is 274 g/mol. The number of nitrogens with zero attached hydrogens (tertiary/aromatic N) is 3. The van der Waals surface area contributed by atoms with Crippen molar-refractivity contribution >= 4 is 5.91 Å². The van der Waals surface area contributed by atoms with E-state index in [1.165, 1.54) is 12.1 Å². The molecule has 6 heteroatoms. The van der Waals surface area contributed by atoms with Crippen LogP contribution < -0.4 is 5.32 Å². The Balaban J connectivity index is 1.79. The van der Waals surface area contributed by atoms with Crippen LogP contribution >= 0.6 is 0 Å². The highest BCUT2D eigenvalue weighted by molar-refractivity contribution is 5.92. The number of piperazine rings is 1. The summed E-state index contributed by atoms with van der Waals surface area (Å²) in [5.41, 5.74) is 1.14. The van der Waals surface area contributed by atoms with E-state index < -0.39 is 0 Å². The first-order valence-corrected chi connectivity index (χ1v) is 6.56. The minimum Gasteiger partial charge on any atom is -0.335 e. The summed E-state index contributed by atoms with van der Waals surface area (Å²) in [6.45, 7) is 3.01. The molecule has 0 bridgehead atoms. The first-order chi connectivity index (χ1) is 9.74. The molecule has 104 valence electrons. The lowest BCUT2D eigenvalue weighted by Crippen LogP contribution is -2.46. The fourth-order valence-corrected chi connectivity index (χ4v) is 2.21. The lowest BCUT2D eigenvalue weighted by atomic mass is 10.3. The van der Waals surface area contributed by atoms with Crippen LogP contribution in [-0.4, -0.2) is 46.8 Å². The van der Waals surface area contributed by atoms with Crippen LogP contribution in [0.1, 0.15) is 10.5 Å². The Labute approximate surface area is 116 Å². The van der Waals surface area contributed by atoms with E-state index in [-0.39, 0.29) is 11.7 Å². The van der Waals surface area contributed by atoms with Gasteiger partial charge in [0, 0.05) is 32.4 Å². The van der Waals surface area contributed by atoms with Gasteiger partial charge < -0.3 is 10.2 Å². The summed E-state index contributed by atoms with van der Waals surface area (Å²) >= 11 is 0. The van der Waals surface area contributed by atoms with E-state index in [0.717, 1.165) is 18.8 Å². The number of halogens is 1. The topological polar surface area (TPSA) is 50.2 Å². The van der Waals surface area contributed by atoms with Crippen LogP contribution in [0, 0.1) is 5.82 Å². The summed E-state index contributed by atoms with van der Waals surface area (Å²) in [6.07, 6.45) is 1.71. The van der Waals surface area contributed by atoms with E-state index in [4.69, 9.17) is 0 Å². The number of hydrogen-bond acceptors (Lipinski definition) is 3. The van der Waals surface area contributed by atoms with Gasteiger partial charge in [-0.05, 0) is 30.3 Å². The first-order valence-electron chi connectivity index (χ1n) is 6.56. The molecule has 1 aliphatic heterocycles. The predicted molar refractivity (Wildman–Crippen MR) is 72.3 cm³/mol. The van der Waals surface area contributed by atoms with Gasteiger partial charge in [-0.2, -0.15) is 5.10 Å². The highest BCUT2D eigenvalue weighted by Crippen LogP contribution is 2.10. The molecule has 0 saturated carbocycles. The molecule has 1 aromatic heterocycles. The predicted octanol–water partition coefficient (Wildman–Crippen LogP) is 1.06. The van der Waals surface area contributed by atoms with Gasteiger partial charge in [0.25, 0.3) is 5.91 Å². The summed E-state index contributed by atoms with van der Waals surface area (Å²) < 4.78 is 14.5. The maximum Gasteiger partial charge on any atom is 0.274 e. The summed E-state index contributed by atoms with van der Waals surface area (Å²) in [7, 11) is 0. The van der Waals surface area contributed by atoms with Gasteiger partial charge in [-0.3, -0.25) is 4.79 Å². The lowest BCUT2D eigenvalue weighted by molar-refractivity contribution is 0.0729. The van der Waals surface area contributed by atoms with Crippen LogP contribution in [0.3, 0.4) is 0 Å². The third-order valence-electron chi connectivity index (χ3n) is 3.30. The maximum absolute atomic E-state index is 12.9. The van der Waals surface area contributed by atoms with Crippen LogP contribution in [0.5, 0.6) is 0 Å². The average molecular weight is 274 g/mol. The molecule has 1 saturated heterocycles. The van der Waals surface area contributed by atoms with Gasteiger partial charge in [-0.15, -0.1) is 0 Å². The zero-order valence-electron chi connectivity index (χ0n) is 10.9. The van der Waals surface area contributed by atoms with E-state index in [1.807, 2.05) is 0 Å². The second-order valence-electron chi connectivity index (χ2n) is 4.66. The van der Waals surface area contributed by atoms with Gasteiger partial charge in [-0.1, -0.05) is 0 Å². The Morgan fingerprint density at radius 3 is 2.55 bits per heavy atom. The number of aromatic nitrogens is 2. The van der Waals surface area contributed by atoms with Gasteiger partial charge in [-0.25, -0.2) is 9.07 Å². The van der Waals surface area contributed by atoms with Crippen LogP contribution in [0.2, 0.25) is 0 Å². The quantitative estimate of drug-likeness (QED) is 0.891. The van der Waals surface area contributed by atoms with Gasteiger partial charge in [0.1, 0.15) is 5.82 Å². The summed E-state index contributed by atoms with van der Waals surface area (Å²) in [4.78, 5) is 14.0. The molecule has 3 rings (SSSR count). The third-order valence-corrected chi connectivity index (χ3v) is 3.30. The van der Waals surface area contributed by atoms with Crippen molar-refractivity contribution in [3.8, 4) is 5.69 Å². The molecule has 5 nitrogen and oxygen atoms in total. The van der Waals surface area contributed by atoms with E-state index in [2.05, 4.69) is 10.4 Å². The minimum atomic E-state index is -0.293. The van der Waals surface area contributed by atoms with Crippen molar-refractivity contribution < 1.29 is 9.18 Å². The van der Waals surface area contributed by atoms with Crippen LogP contribution in [-0.2, 0) is 0 Å². The molecule has 0 spiro atoms. The van der Waals surface area contributed by atoms with Crippen LogP contribution in [0.15, 0.2) is 36.5 Å². The van der Waals surface area contributed by atoms with Crippen molar-refractivity contribution in [2.24, 2.45) is 0 Å². The zero-order chi connectivity index (χ0) is 13.9. The summed E-state index contributed by atoms with van der Waals surface area (Å²) in [6, 6.07) is 7.68. The van der Waals surface area contributed by atoms with E-state index in [9.17, 15) is 9.18 Å². The highest BCUT2D eigenvalue weighted by atomic mass is 19.1. The lowest BCUT2D eigenvalue weighted by Gasteiger charge is -2.26. The van der Waals surface area contributed by atoms with Crippen LogP contribution in [0.4, 0.5) is 4.39 Å². The standard InChI is InChI=1S/C14H15FN4O/c15-11-1-3-12(4-2-11)19-8-5-13(17-19)14(20)18-9-6-16-7-10-18/h1-5,8,16H,6-7,9-10H2. The molecule has 0 radical (unpaired) electrons. The Hall–Kier alpha value is -2.21. The largest absolute Gasteiger partial charge is 0.335 e. The average Bonchev–Trinajstić information content (AvgIpc) is 2.98.